The van der Waals surface area contributed by atoms with E-state index in [2.05, 4.69) is 29.2 Å². The van der Waals surface area contributed by atoms with Crippen molar-refractivity contribution in [3.8, 4) is 0 Å². The Bertz CT molecular complexity index is 336. The van der Waals surface area contributed by atoms with E-state index in [0.717, 1.165) is 14.7 Å². The third-order valence-corrected chi connectivity index (χ3v) is 2.76. The number of halogens is 2. The Morgan fingerprint density at radius 3 is 2.69 bits per heavy atom. The first-order chi connectivity index (χ1) is 6.02. The van der Waals surface area contributed by atoms with Gasteiger partial charge in [0.1, 0.15) is 5.82 Å². The summed E-state index contributed by atoms with van der Waals surface area (Å²) in [6, 6.07) is 4.39. The highest BCUT2D eigenvalue weighted by atomic mass is 127. The van der Waals surface area contributed by atoms with Gasteiger partial charge in [0, 0.05) is 3.57 Å². The average Bonchev–Trinajstić information content (AvgIpc) is 2.03. The van der Waals surface area contributed by atoms with Gasteiger partial charge in [0.2, 0.25) is 0 Å². The SMILES string of the molecule is C=C(C)C(N)c1ccc(F)cc1I. The Labute approximate surface area is 91.0 Å². The predicted octanol–water partition coefficient (Wildman–Crippen LogP) is 3.01. The third kappa shape index (κ3) is 2.51. The molecule has 0 saturated heterocycles. The van der Waals surface area contributed by atoms with Gasteiger partial charge < -0.3 is 5.73 Å². The van der Waals surface area contributed by atoms with E-state index >= 15 is 0 Å². The Hall–Kier alpha value is -0.420. The van der Waals surface area contributed by atoms with Crippen LogP contribution in [0.4, 0.5) is 4.39 Å². The first-order valence-electron chi connectivity index (χ1n) is 3.88. The van der Waals surface area contributed by atoms with E-state index in [1.165, 1.54) is 12.1 Å². The summed E-state index contributed by atoms with van der Waals surface area (Å²) in [5.74, 6) is -0.234. The summed E-state index contributed by atoms with van der Waals surface area (Å²) < 4.78 is 13.6. The van der Waals surface area contributed by atoms with Gasteiger partial charge in [-0.15, -0.1) is 0 Å². The molecule has 0 spiro atoms. The number of hydrogen-bond acceptors (Lipinski definition) is 1. The summed E-state index contributed by atoms with van der Waals surface area (Å²) in [6.07, 6.45) is 0. The number of rotatable bonds is 2. The van der Waals surface area contributed by atoms with Crippen molar-refractivity contribution in [3.63, 3.8) is 0 Å². The fourth-order valence-electron chi connectivity index (χ4n) is 1.02. The standard InChI is InChI=1S/C10H11FIN/c1-6(2)10(13)8-4-3-7(11)5-9(8)12/h3-5,10H,1,13H2,2H3. The summed E-state index contributed by atoms with van der Waals surface area (Å²) in [7, 11) is 0. The van der Waals surface area contributed by atoms with Crippen LogP contribution >= 0.6 is 22.6 Å². The molecule has 0 heterocycles. The van der Waals surface area contributed by atoms with Crippen LogP contribution in [0.2, 0.25) is 0 Å². The van der Waals surface area contributed by atoms with Gasteiger partial charge in [0.25, 0.3) is 0 Å². The number of nitrogens with two attached hydrogens (primary N) is 1. The topological polar surface area (TPSA) is 26.0 Å². The van der Waals surface area contributed by atoms with E-state index in [-0.39, 0.29) is 11.9 Å². The highest BCUT2D eigenvalue weighted by Gasteiger charge is 2.10. The van der Waals surface area contributed by atoms with Gasteiger partial charge in [0.15, 0.2) is 0 Å². The van der Waals surface area contributed by atoms with Crippen molar-refractivity contribution in [3.05, 3.63) is 45.3 Å². The van der Waals surface area contributed by atoms with Crippen LogP contribution in [0.25, 0.3) is 0 Å². The molecule has 1 atom stereocenters. The second kappa shape index (κ2) is 4.19. The molecule has 1 rings (SSSR count). The zero-order valence-corrected chi connectivity index (χ0v) is 9.51. The van der Waals surface area contributed by atoms with Gasteiger partial charge in [-0.2, -0.15) is 0 Å². The van der Waals surface area contributed by atoms with Crippen molar-refractivity contribution in [1.29, 1.82) is 0 Å². The molecule has 0 aromatic heterocycles. The normalized spacial score (nSPS) is 12.6. The highest BCUT2D eigenvalue weighted by molar-refractivity contribution is 14.1. The molecule has 1 nitrogen and oxygen atoms in total. The van der Waals surface area contributed by atoms with Crippen LogP contribution in [0.3, 0.4) is 0 Å². The molecule has 0 aliphatic rings. The average molecular weight is 291 g/mol. The first kappa shape index (κ1) is 10.7. The maximum Gasteiger partial charge on any atom is 0.124 e. The maximum atomic E-state index is 12.7. The minimum Gasteiger partial charge on any atom is -0.321 e. The smallest absolute Gasteiger partial charge is 0.124 e. The maximum absolute atomic E-state index is 12.7. The summed E-state index contributed by atoms with van der Waals surface area (Å²) in [4.78, 5) is 0. The van der Waals surface area contributed by atoms with Gasteiger partial charge in [-0.05, 0) is 47.2 Å². The molecule has 1 aromatic rings. The van der Waals surface area contributed by atoms with Crippen LogP contribution in [0.15, 0.2) is 30.4 Å². The van der Waals surface area contributed by atoms with Crippen molar-refractivity contribution in [2.24, 2.45) is 5.73 Å². The van der Waals surface area contributed by atoms with E-state index in [0.29, 0.717) is 0 Å². The van der Waals surface area contributed by atoms with Crippen LogP contribution < -0.4 is 5.73 Å². The fraction of sp³-hybridized carbons (Fsp3) is 0.200. The van der Waals surface area contributed by atoms with Gasteiger partial charge in [-0.1, -0.05) is 18.2 Å². The second-order valence-corrected chi connectivity index (χ2v) is 4.15. The van der Waals surface area contributed by atoms with Crippen molar-refractivity contribution < 1.29 is 4.39 Å². The number of hydrogen-bond donors (Lipinski definition) is 1. The molecule has 0 aliphatic carbocycles. The lowest BCUT2D eigenvalue weighted by molar-refractivity contribution is 0.625. The molecule has 0 radical (unpaired) electrons. The van der Waals surface area contributed by atoms with Crippen LogP contribution in [-0.4, -0.2) is 0 Å². The molecular formula is C10H11FIN. The molecule has 1 unspecified atom stereocenters. The molecular weight excluding hydrogens is 280 g/mol. The molecule has 0 fully saturated rings. The Balaban J connectivity index is 3.08. The summed E-state index contributed by atoms with van der Waals surface area (Å²) in [6.45, 7) is 5.64. The van der Waals surface area contributed by atoms with Gasteiger partial charge >= 0.3 is 0 Å². The van der Waals surface area contributed by atoms with E-state index in [4.69, 9.17) is 5.73 Å². The summed E-state index contributed by atoms with van der Waals surface area (Å²) in [5, 5.41) is 0. The fourth-order valence-corrected chi connectivity index (χ4v) is 1.83. The molecule has 0 amide bonds. The Morgan fingerprint density at radius 1 is 1.62 bits per heavy atom. The number of benzene rings is 1. The van der Waals surface area contributed by atoms with E-state index in [9.17, 15) is 4.39 Å². The lowest BCUT2D eigenvalue weighted by atomic mass is 10.0. The second-order valence-electron chi connectivity index (χ2n) is 2.99. The summed E-state index contributed by atoms with van der Waals surface area (Å²) in [5.41, 5.74) is 7.67. The predicted molar refractivity (Wildman–Crippen MR) is 60.9 cm³/mol. The molecule has 70 valence electrons. The van der Waals surface area contributed by atoms with Crippen LogP contribution in [0, 0.1) is 9.39 Å². The summed E-state index contributed by atoms with van der Waals surface area (Å²) >= 11 is 2.07. The van der Waals surface area contributed by atoms with Crippen molar-refractivity contribution in [1.82, 2.24) is 0 Å². The zero-order valence-electron chi connectivity index (χ0n) is 7.35. The molecule has 3 heteroatoms. The first-order valence-corrected chi connectivity index (χ1v) is 4.96. The lowest BCUT2D eigenvalue weighted by Crippen LogP contribution is -2.12. The van der Waals surface area contributed by atoms with Crippen LogP contribution in [0.1, 0.15) is 18.5 Å². The van der Waals surface area contributed by atoms with Gasteiger partial charge in [-0.3, -0.25) is 0 Å². The Morgan fingerprint density at radius 2 is 2.23 bits per heavy atom. The van der Waals surface area contributed by atoms with Gasteiger partial charge in [0.05, 0.1) is 6.04 Å². The molecule has 0 bridgehead atoms. The molecule has 0 saturated carbocycles. The zero-order chi connectivity index (χ0) is 10.0. The van der Waals surface area contributed by atoms with E-state index in [1.807, 2.05) is 6.92 Å². The lowest BCUT2D eigenvalue weighted by Gasteiger charge is -2.13. The minimum atomic E-state index is -0.234. The van der Waals surface area contributed by atoms with Crippen molar-refractivity contribution in [2.45, 2.75) is 13.0 Å². The van der Waals surface area contributed by atoms with Crippen molar-refractivity contribution >= 4 is 22.6 Å². The monoisotopic (exact) mass is 291 g/mol. The minimum absolute atomic E-state index is 0.201. The van der Waals surface area contributed by atoms with E-state index in [1.54, 1.807) is 6.07 Å². The molecule has 2 N–H and O–H groups in total. The van der Waals surface area contributed by atoms with Crippen LogP contribution in [0.5, 0.6) is 0 Å². The van der Waals surface area contributed by atoms with Crippen LogP contribution in [-0.2, 0) is 0 Å². The molecule has 0 aliphatic heterocycles. The highest BCUT2D eigenvalue weighted by Crippen LogP contribution is 2.23. The largest absolute Gasteiger partial charge is 0.321 e. The molecule has 1 aromatic carbocycles. The Kier molecular flexibility index (Phi) is 3.44. The van der Waals surface area contributed by atoms with Crippen molar-refractivity contribution in [2.75, 3.05) is 0 Å². The van der Waals surface area contributed by atoms with Gasteiger partial charge in [-0.25, -0.2) is 4.39 Å². The quantitative estimate of drug-likeness (QED) is 0.658. The molecule has 13 heavy (non-hydrogen) atoms. The van der Waals surface area contributed by atoms with E-state index < -0.39 is 0 Å². The third-order valence-electron chi connectivity index (χ3n) is 1.83.